The van der Waals surface area contributed by atoms with Crippen LogP contribution < -0.4 is 10.2 Å². The van der Waals surface area contributed by atoms with E-state index in [1.807, 2.05) is 30.3 Å². The molecule has 1 atom stereocenters. The number of para-hydroxylation sites is 2. The van der Waals surface area contributed by atoms with Gasteiger partial charge in [0, 0.05) is 6.54 Å². The van der Waals surface area contributed by atoms with E-state index in [0.29, 0.717) is 24.5 Å². The number of alkyl halides is 1. The minimum absolute atomic E-state index is 0.0206. The number of carbonyl (C=O) groups excluding carboxylic acids is 1. The standard InChI is InChI=1S/C18H19FN2O3/c19-17-13-23-11-10-21(17)16-9-5-4-8-15(16)20-18(22)24-12-14-6-2-1-3-7-14/h1-9,17H,10-13H2,(H,20,22). The Hall–Kier alpha value is -2.60. The molecule has 1 saturated heterocycles. The molecule has 3 rings (SSSR count). The fraction of sp³-hybridized carbons (Fsp3) is 0.278. The van der Waals surface area contributed by atoms with Crippen molar-refractivity contribution in [3.8, 4) is 0 Å². The van der Waals surface area contributed by atoms with Gasteiger partial charge in [0.05, 0.1) is 24.6 Å². The van der Waals surface area contributed by atoms with Crippen molar-refractivity contribution in [3.05, 3.63) is 60.2 Å². The van der Waals surface area contributed by atoms with E-state index in [1.54, 1.807) is 29.2 Å². The summed E-state index contributed by atoms with van der Waals surface area (Å²) in [6, 6.07) is 16.5. The van der Waals surface area contributed by atoms with Gasteiger partial charge in [0.1, 0.15) is 6.61 Å². The predicted octanol–water partition coefficient (Wildman–Crippen LogP) is 3.57. The molecule has 1 heterocycles. The third kappa shape index (κ3) is 4.02. The van der Waals surface area contributed by atoms with Crippen LogP contribution in [0.25, 0.3) is 0 Å². The summed E-state index contributed by atoms with van der Waals surface area (Å²) >= 11 is 0. The highest BCUT2D eigenvalue weighted by atomic mass is 19.1. The summed E-state index contributed by atoms with van der Waals surface area (Å²) < 4.78 is 24.4. The van der Waals surface area contributed by atoms with Crippen molar-refractivity contribution in [1.82, 2.24) is 0 Å². The molecule has 1 unspecified atom stereocenters. The maximum atomic E-state index is 14.1. The Morgan fingerprint density at radius 2 is 1.96 bits per heavy atom. The Balaban J connectivity index is 1.65. The number of amides is 1. The summed E-state index contributed by atoms with van der Waals surface area (Å²) in [5.41, 5.74) is 2.03. The SMILES string of the molecule is O=C(Nc1ccccc1N1CCOCC1F)OCc1ccccc1. The van der Waals surface area contributed by atoms with Crippen molar-refractivity contribution in [2.24, 2.45) is 0 Å². The highest BCUT2D eigenvalue weighted by molar-refractivity contribution is 5.89. The van der Waals surface area contributed by atoms with Crippen LogP contribution >= 0.6 is 0 Å². The number of benzene rings is 2. The lowest BCUT2D eigenvalue weighted by atomic mass is 10.2. The zero-order chi connectivity index (χ0) is 16.8. The zero-order valence-corrected chi connectivity index (χ0v) is 13.2. The van der Waals surface area contributed by atoms with Crippen molar-refractivity contribution >= 4 is 17.5 Å². The molecule has 1 fully saturated rings. The second-order valence-electron chi connectivity index (χ2n) is 5.41. The van der Waals surface area contributed by atoms with E-state index in [2.05, 4.69) is 5.32 Å². The summed E-state index contributed by atoms with van der Waals surface area (Å²) in [6.45, 7) is 1.08. The fourth-order valence-electron chi connectivity index (χ4n) is 2.54. The van der Waals surface area contributed by atoms with Gasteiger partial charge in [-0.25, -0.2) is 9.18 Å². The molecule has 0 bridgehead atoms. The first-order valence-electron chi connectivity index (χ1n) is 7.79. The van der Waals surface area contributed by atoms with Crippen LogP contribution in [0.1, 0.15) is 5.56 Å². The van der Waals surface area contributed by atoms with Gasteiger partial charge in [-0.3, -0.25) is 5.32 Å². The van der Waals surface area contributed by atoms with Crippen LogP contribution in [0.15, 0.2) is 54.6 Å². The summed E-state index contributed by atoms with van der Waals surface area (Å²) in [4.78, 5) is 13.6. The zero-order valence-electron chi connectivity index (χ0n) is 13.2. The minimum atomic E-state index is -1.23. The van der Waals surface area contributed by atoms with Gasteiger partial charge in [-0.15, -0.1) is 0 Å². The fourth-order valence-corrected chi connectivity index (χ4v) is 2.54. The lowest BCUT2D eigenvalue weighted by Gasteiger charge is -2.33. The van der Waals surface area contributed by atoms with Crippen LogP contribution in [0.2, 0.25) is 0 Å². The van der Waals surface area contributed by atoms with Gasteiger partial charge in [-0.05, 0) is 17.7 Å². The molecule has 1 aliphatic rings. The quantitative estimate of drug-likeness (QED) is 0.871. The number of hydrogen-bond acceptors (Lipinski definition) is 4. The minimum Gasteiger partial charge on any atom is -0.444 e. The van der Waals surface area contributed by atoms with E-state index < -0.39 is 12.4 Å². The molecule has 126 valence electrons. The van der Waals surface area contributed by atoms with Gasteiger partial charge in [-0.2, -0.15) is 0 Å². The predicted molar refractivity (Wildman–Crippen MR) is 89.8 cm³/mol. The number of rotatable bonds is 4. The molecule has 1 N–H and O–H groups in total. The van der Waals surface area contributed by atoms with Gasteiger partial charge < -0.3 is 14.4 Å². The molecule has 6 heteroatoms. The summed E-state index contributed by atoms with van der Waals surface area (Å²) in [5, 5.41) is 2.69. The Morgan fingerprint density at radius 1 is 1.21 bits per heavy atom. The highest BCUT2D eigenvalue weighted by Crippen LogP contribution is 2.29. The van der Waals surface area contributed by atoms with Gasteiger partial charge >= 0.3 is 6.09 Å². The van der Waals surface area contributed by atoms with Crippen molar-refractivity contribution < 1.29 is 18.7 Å². The lowest BCUT2D eigenvalue weighted by Crippen LogP contribution is -2.43. The maximum Gasteiger partial charge on any atom is 0.412 e. The molecule has 1 aliphatic heterocycles. The molecule has 0 aliphatic carbocycles. The second-order valence-corrected chi connectivity index (χ2v) is 5.41. The Bertz CT molecular complexity index is 681. The first-order chi connectivity index (χ1) is 11.7. The van der Waals surface area contributed by atoms with Gasteiger partial charge in [0.15, 0.2) is 6.30 Å². The third-order valence-corrected chi connectivity index (χ3v) is 3.73. The molecule has 0 aromatic heterocycles. The largest absolute Gasteiger partial charge is 0.444 e. The number of carbonyl (C=O) groups is 1. The number of nitrogens with one attached hydrogen (secondary N) is 1. The van der Waals surface area contributed by atoms with Gasteiger partial charge in [0.2, 0.25) is 0 Å². The van der Waals surface area contributed by atoms with E-state index in [4.69, 9.17) is 9.47 Å². The number of morpholine rings is 1. The van der Waals surface area contributed by atoms with Crippen molar-refractivity contribution in [2.45, 2.75) is 12.9 Å². The van der Waals surface area contributed by atoms with Crippen molar-refractivity contribution in [3.63, 3.8) is 0 Å². The smallest absolute Gasteiger partial charge is 0.412 e. The molecule has 0 radical (unpaired) electrons. The van der Waals surface area contributed by atoms with Crippen LogP contribution in [-0.2, 0) is 16.1 Å². The monoisotopic (exact) mass is 330 g/mol. The summed E-state index contributed by atoms with van der Waals surface area (Å²) in [7, 11) is 0. The average Bonchev–Trinajstić information content (AvgIpc) is 2.62. The third-order valence-electron chi connectivity index (χ3n) is 3.73. The first-order valence-corrected chi connectivity index (χ1v) is 7.79. The topological polar surface area (TPSA) is 50.8 Å². The number of nitrogens with zero attached hydrogens (tertiary/aromatic N) is 1. The number of ether oxygens (including phenoxy) is 2. The molecule has 2 aromatic rings. The molecule has 1 amide bonds. The van der Waals surface area contributed by atoms with Crippen LogP contribution in [0, 0.1) is 0 Å². The van der Waals surface area contributed by atoms with E-state index >= 15 is 0 Å². The Labute approximate surface area is 140 Å². The number of anilines is 2. The number of halogens is 1. The Morgan fingerprint density at radius 3 is 2.75 bits per heavy atom. The second kappa shape index (κ2) is 7.79. The summed E-state index contributed by atoms with van der Waals surface area (Å²) in [6.07, 6.45) is -1.81. The normalized spacial score (nSPS) is 17.4. The van der Waals surface area contributed by atoms with Crippen molar-refractivity contribution in [1.29, 1.82) is 0 Å². The van der Waals surface area contributed by atoms with Crippen LogP contribution in [-0.4, -0.2) is 32.1 Å². The summed E-state index contributed by atoms with van der Waals surface area (Å²) in [5.74, 6) is 0. The van der Waals surface area contributed by atoms with Crippen LogP contribution in [0.4, 0.5) is 20.6 Å². The Kier molecular flexibility index (Phi) is 5.28. The van der Waals surface area contributed by atoms with Crippen LogP contribution in [0.3, 0.4) is 0 Å². The molecule has 2 aromatic carbocycles. The van der Waals surface area contributed by atoms with E-state index in [-0.39, 0.29) is 13.2 Å². The van der Waals surface area contributed by atoms with Gasteiger partial charge in [0.25, 0.3) is 0 Å². The van der Waals surface area contributed by atoms with Crippen LogP contribution in [0.5, 0.6) is 0 Å². The average molecular weight is 330 g/mol. The maximum absolute atomic E-state index is 14.1. The van der Waals surface area contributed by atoms with Crippen molar-refractivity contribution in [2.75, 3.05) is 30.0 Å². The molecule has 0 saturated carbocycles. The van der Waals surface area contributed by atoms with Gasteiger partial charge in [-0.1, -0.05) is 42.5 Å². The molecular weight excluding hydrogens is 311 g/mol. The van der Waals surface area contributed by atoms with E-state index in [1.165, 1.54) is 0 Å². The molecule has 5 nitrogen and oxygen atoms in total. The first kappa shape index (κ1) is 16.3. The van der Waals surface area contributed by atoms with E-state index in [9.17, 15) is 9.18 Å². The molecular formula is C18H19FN2O3. The number of hydrogen-bond donors (Lipinski definition) is 1. The lowest BCUT2D eigenvalue weighted by molar-refractivity contribution is 0.0497. The molecule has 24 heavy (non-hydrogen) atoms. The van der Waals surface area contributed by atoms with E-state index in [0.717, 1.165) is 5.56 Å². The highest BCUT2D eigenvalue weighted by Gasteiger charge is 2.24. The molecule has 0 spiro atoms.